The van der Waals surface area contributed by atoms with Crippen LogP contribution in [0.1, 0.15) is 37.7 Å². The fraction of sp³-hybridized carbons (Fsp3) is 0.438. The summed E-state index contributed by atoms with van der Waals surface area (Å²) in [5.41, 5.74) is 0.0738. The molecule has 1 aliphatic carbocycles. The number of carbonyl (C=O) groups excluding carboxylic acids is 2. The second kappa shape index (κ2) is 5.88. The maximum atomic E-state index is 12.4. The van der Waals surface area contributed by atoms with Crippen LogP contribution in [0.25, 0.3) is 6.08 Å². The maximum Gasteiger partial charge on any atom is 0.329 e. The first kappa shape index (κ1) is 14.7. The highest BCUT2D eigenvalue weighted by atomic mass is 16.3. The normalized spacial score (nSPS) is 23.0. The maximum absolute atomic E-state index is 12.4. The molecule has 2 fully saturated rings. The van der Waals surface area contributed by atoms with Gasteiger partial charge in [-0.25, -0.2) is 4.79 Å². The molecule has 0 atom stereocenters. The molecule has 116 valence electrons. The molecule has 6 heteroatoms. The van der Waals surface area contributed by atoms with Gasteiger partial charge in [0.1, 0.15) is 5.70 Å². The van der Waals surface area contributed by atoms with Crippen molar-refractivity contribution in [2.75, 3.05) is 6.54 Å². The van der Waals surface area contributed by atoms with E-state index in [1.807, 2.05) is 0 Å². The number of amides is 3. The summed E-state index contributed by atoms with van der Waals surface area (Å²) in [6, 6.07) is 3.04. The van der Waals surface area contributed by atoms with Gasteiger partial charge < -0.3 is 10.4 Å². The molecule has 0 radical (unpaired) electrons. The Morgan fingerprint density at radius 2 is 1.91 bits per heavy atom. The summed E-state index contributed by atoms with van der Waals surface area (Å²) in [6.07, 6.45) is 9.08. The van der Waals surface area contributed by atoms with Crippen LogP contribution in [0.3, 0.4) is 0 Å². The SMILES string of the molecule is O=C1N/C(=C\c2ccncc2)C(=O)N1CC1(O)CCCCC1. The van der Waals surface area contributed by atoms with Crippen molar-refractivity contribution in [2.45, 2.75) is 37.7 Å². The Morgan fingerprint density at radius 3 is 2.59 bits per heavy atom. The Hall–Kier alpha value is -2.21. The Labute approximate surface area is 128 Å². The van der Waals surface area contributed by atoms with Crippen LogP contribution >= 0.6 is 0 Å². The van der Waals surface area contributed by atoms with E-state index in [2.05, 4.69) is 10.3 Å². The molecule has 0 bridgehead atoms. The van der Waals surface area contributed by atoms with Gasteiger partial charge in [-0.15, -0.1) is 0 Å². The number of β-amino-alcohol motifs (C(OH)–C–C–N with tert-alkyl or cyclic N) is 1. The monoisotopic (exact) mass is 301 g/mol. The van der Waals surface area contributed by atoms with Crippen LogP contribution in [-0.2, 0) is 4.79 Å². The molecule has 3 amide bonds. The summed E-state index contributed by atoms with van der Waals surface area (Å²) in [6.45, 7) is 0.0609. The number of pyridine rings is 1. The largest absolute Gasteiger partial charge is 0.388 e. The Morgan fingerprint density at radius 1 is 1.23 bits per heavy atom. The average molecular weight is 301 g/mol. The molecule has 0 spiro atoms. The number of aliphatic hydroxyl groups is 1. The minimum Gasteiger partial charge on any atom is -0.388 e. The van der Waals surface area contributed by atoms with Crippen molar-refractivity contribution < 1.29 is 14.7 Å². The number of hydrogen-bond donors (Lipinski definition) is 2. The predicted molar refractivity (Wildman–Crippen MR) is 80.5 cm³/mol. The second-order valence-corrected chi connectivity index (χ2v) is 5.95. The number of aromatic nitrogens is 1. The molecule has 1 saturated heterocycles. The van der Waals surface area contributed by atoms with E-state index in [4.69, 9.17) is 0 Å². The lowest BCUT2D eigenvalue weighted by Crippen LogP contribution is -2.47. The lowest BCUT2D eigenvalue weighted by atomic mass is 9.84. The highest BCUT2D eigenvalue weighted by Crippen LogP contribution is 2.30. The van der Waals surface area contributed by atoms with Crippen molar-refractivity contribution in [1.82, 2.24) is 15.2 Å². The number of rotatable bonds is 3. The number of urea groups is 1. The fourth-order valence-electron chi connectivity index (χ4n) is 3.00. The Kier molecular flexibility index (Phi) is 3.94. The molecule has 0 aromatic carbocycles. The van der Waals surface area contributed by atoms with Crippen LogP contribution in [0.2, 0.25) is 0 Å². The number of hydrogen-bond acceptors (Lipinski definition) is 4. The van der Waals surface area contributed by atoms with E-state index in [0.717, 1.165) is 29.7 Å². The van der Waals surface area contributed by atoms with E-state index in [0.29, 0.717) is 12.8 Å². The molecule has 6 nitrogen and oxygen atoms in total. The van der Waals surface area contributed by atoms with Crippen LogP contribution in [-0.4, -0.2) is 39.1 Å². The third-order valence-electron chi connectivity index (χ3n) is 4.22. The molecule has 2 aliphatic rings. The molecule has 1 aromatic rings. The van der Waals surface area contributed by atoms with Crippen LogP contribution in [0.4, 0.5) is 4.79 Å². The van der Waals surface area contributed by atoms with Crippen molar-refractivity contribution >= 4 is 18.0 Å². The first-order chi connectivity index (χ1) is 10.6. The van der Waals surface area contributed by atoms with E-state index in [1.54, 1.807) is 30.6 Å². The predicted octanol–water partition coefficient (Wildman–Crippen LogP) is 1.67. The zero-order valence-corrected chi connectivity index (χ0v) is 12.3. The van der Waals surface area contributed by atoms with Gasteiger partial charge in [0.15, 0.2) is 0 Å². The lowest BCUT2D eigenvalue weighted by Gasteiger charge is -2.34. The standard InChI is InChI=1S/C16H19N3O3/c20-14-13(10-12-4-8-17-9-5-12)18-15(21)19(14)11-16(22)6-2-1-3-7-16/h4-5,8-10,22H,1-3,6-7,11H2,(H,18,21)/b13-10-. The summed E-state index contributed by atoms with van der Waals surface area (Å²) >= 11 is 0. The summed E-state index contributed by atoms with van der Waals surface area (Å²) in [5.74, 6) is -0.388. The van der Waals surface area contributed by atoms with Gasteiger partial charge in [-0.1, -0.05) is 19.3 Å². The first-order valence-corrected chi connectivity index (χ1v) is 7.54. The number of nitrogens with one attached hydrogen (secondary N) is 1. The van der Waals surface area contributed by atoms with E-state index in [-0.39, 0.29) is 18.1 Å². The summed E-state index contributed by atoms with van der Waals surface area (Å²) in [7, 11) is 0. The van der Waals surface area contributed by atoms with E-state index in [1.165, 1.54) is 0 Å². The van der Waals surface area contributed by atoms with Gasteiger partial charge in [0.05, 0.1) is 12.1 Å². The van der Waals surface area contributed by atoms with Crippen LogP contribution in [0, 0.1) is 0 Å². The van der Waals surface area contributed by atoms with Gasteiger partial charge in [-0.05, 0) is 36.6 Å². The molecular weight excluding hydrogens is 282 g/mol. The van der Waals surface area contributed by atoms with Crippen LogP contribution < -0.4 is 5.32 Å². The van der Waals surface area contributed by atoms with E-state index in [9.17, 15) is 14.7 Å². The first-order valence-electron chi connectivity index (χ1n) is 7.54. The van der Waals surface area contributed by atoms with Crippen LogP contribution in [0.5, 0.6) is 0 Å². The summed E-state index contributed by atoms with van der Waals surface area (Å²) < 4.78 is 0. The van der Waals surface area contributed by atoms with Gasteiger partial charge in [0.2, 0.25) is 0 Å². The molecule has 1 aromatic heterocycles. The fourth-order valence-corrected chi connectivity index (χ4v) is 3.00. The number of carbonyl (C=O) groups is 2. The zero-order chi connectivity index (χ0) is 15.6. The molecule has 0 unspecified atom stereocenters. The van der Waals surface area contributed by atoms with Gasteiger partial charge in [0, 0.05) is 12.4 Å². The Bertz CT molecular complexity index is 606. The third kappa shape index (κ3) is 3.01. The molecule has 1 saturated carbocycles. The highest BCUT2D eigenvalue weighted by molar-refractivity contribution is 6.14. The minimum absolute atomic E-state index is 0.0609. The van der Waals surface area contributed by atoms with Crippen molar-refractivity contribution in [3.63, 3.8) is 0 Å². The van der Waals surface area contributed by atoms with E-state index < -0.39 is 11.6 Å². The molecular formula is C16H19N3O3. The number of imide groups is 1. The highest BCUT2D eigenvalue weighted by Gasteiger charge is 2.40. The lowest BCUT2D eigenvalue weighted by molar-refractivity contribution is -0.126. The zero-order valence-electron chi connectivity index (χ0n) is 12.3. The van der Waals surface area contributed by atoms with Gasteiger partial charge in [-0.2, -0.15) is 0 Å². The van der Waals surface area contributed by atoms with Gasteiger partial charge >= 0.3 is 6.03 Å². The van der Waals surface area contributed by atoms with Crippen molar-refractivity contribution in [3.05, 3.63) is 35.8 Å². The Balaban J connectivity index is 1.76. The topological polar surface area (TPSA) is 82.5 Å². The third-order valence-corrected chi connectivity index (χ3v) is 4.22. The number of nitrogens with zero attached hydrogens (tertiary/aromatic N) is 2. The van der Waals surface area contributed by atoms with Crippen LogP contribution in [0.15, 0.2) is 30.2 Å². The van der Waals surface area contributed by atoms with Gasteiger partial charge in [-0.3, -0.25) is 14.7 Å². The summed E-state index contributed by atoms with van der Waals surface area (Å²) in [4.78, 5) is 29.4. The molecule has 3 rings (SSSR count). The smallest absolute Gasteiger partial charge is 0.329 e. The second-order valence-electron chi connectivity index (χ2n) is 5.95. The van der Waals surface area contributed by atoms with Crippen molar-refractivity contribution in [3.8, 4) is 0 Å². The molecule has 2 N–H and O–H groups in total. The molecule has 1 aliphatic heterocycles. The van der Waals surface area contributed by atoms with E-state index >= 15 is 0 Å². The minimum atomic E-state index is -0.947. The summed E-state index contributed by atoms with van der Waals surface area (Å²) in [5, 5.41) is 13.1. The quantitative estimate of drug-likeness (QED) is 0.657. The molecule has 22 heavy (non-hydrogen) atoms. The van der Waals surface area contributed by atoms with Crippen molar-refractivity contribution in [1.29, 1.82) is 0 Å². The van der Waals surface area contributed by atoms with Crippen molar-refractivity contribution in [2.24, 2.45) is 0 Å². The van der Waals surface area contributed by atoms with Gasteiger partial charge in [0.25, 0.3) is 5.91 Å². The average Bonchev–Trinajstić information content (AvgIpc) is 2.76. The molecule has 2 heterocycles.